The first-order valence-corrected chi connectivity index (χ1v) is 4.03. The van der Waals surface area contributed by atoms with Crippen molar-refractivity contribution in [2.75, 3.05) is 20.1 Å². The summed E-state index contributed by atoms with van der Waals surface area (Å²) in [5.41, 5.74) is 0. The zero-order valence-corrected chi connectivity index (χ0v) is 7.59. The molecule has 0 radical (unpaired) electrons. The van der Waals surface area contributed by atoms with Gasteiger partial charge < -0.3 is 5.32 Å². The maximum Gasteiger partial charge on any atom is 0.0895 e. The molecule has 3 nitrogen and oxygen atoms in total. The van der Waals surface area contributed by atoms with Crippen LogP contribution in [0.2, 0.25) is 0 Å². The highest BCUT2D eigenvalue weighted by Crippen LogP contribution is 1.81. The molecule has 0 bridgehead atoms. The molecule has 0 aliphatic heterocycles. The molecule has 0 saturated carbocycles. The molecule has 0 aromatic heterocycles. The SMILES string of the molecule is CNCCCN=C=NC(C)C. The van der Waals surface area contributed by atoms with Gasteiger partial charge in [-0.15, -0.1) is 0 Å². The van der Waals surface area contributed by atoms with E-state index in [0.717, 1.165) is 19.5 Å². The van der Waals surface area contributed by atoms with E-state index in [1.165, 1.54) is 0 Å². The van der Waals surface area contributed by atoms with Crippen LogP contribution in [-0.2, 0) is 0 Å². The second kappa shape index (κ2) is 7.45. The van der Waals surface area contributed by atoms with E-state index < -0.39 is 0 Å². The lowest BCUT2D eigenvalue weighted by Crippen LogP contribution is -2.08. The van der Waals surface area contributed by atoms with Crippen molar-refractivity contribution in [3.05, 3.63) is 0 Å². The summed E-state index contributed by atoms with van der Waals surface area (Å²) in [6.45, 7) is 5.84. The van der Waals surface area contributed by atoms with E-state index >= 15 is 0 Å². The molecule has 11 heavy (non-hydrogen) atoms. The van der Waals surface area contributed by atoms with Crippen molar-refractivity contribution in [2.24, 2.45) is 9.98 Å². The Bertz CT molecular complexity index is 134. The molecule has 0 spiro atoms. The third-order valence-electron chi connectivity index (χ3n) is 1.08. The molecule has 0 amide bonds. The van der Waals surface area contributed by atoms with E-state index in [2.05, 4.69) is 21.3 Å². The summed E-state index contributed by atoms with van der Waals surface area (Å²) in [7, 11) is 1.94. The average molecular weight is 155 g/mol. The number of rotatable bonds is 5. The van der Waals surface area contributed by atoms with Crippen molar-refractivity contribution in [2.45, 2.75) is 26.3 Å². The summed E-state index contributed by atoms with van der Waals surface area (Å²) in [6.07, 6.45) is 1.05. The Labute approximate surface area is 68.6 Å². The lowest BCUT2D eigenvalue weighted by Gasteiger charge is -1.91. The first-order chi connectivity index (χ1) is 5.27. The van der Waals surface area contributed by atoms with Crippen LogP contribution in [0.4, 0.5) is 0 Å². The van der Waals surface area contributed by atoms with E-state index in [1.54, 1.807) is 0 Å². The minimum absolute atomic E-state index is 0.308. The third-order valence-corrected chi connectivity index (χ3v) is 1.08. The van der Waals surface area contributed by atoms with E-state index in [0.29, 0.717) is 6.04 Å². The Hall–Kier alpha value is -0.660. The van der Waals surface area contributed by atoms with E-state index in [-0.39, 0.29) is 0 Å². The smallest absolute Gasteiger partial charge is 0.0895 e. The van der Waals surface area contributed by atoms with E-state index in [1.807, 2.05) is 20.9 Å². The van der Waals surface area contributed by atoms with Crippen molar-refractivity contribution in [1.29, 1.82) is 0 Å². The maximum atomic E-state index is 3.99. The highest BCUT2D eigenvalue weighted by Gasteiger charge is 1.81. The molecule has 0 unspecified atom stereocenters. The van der Waals surface area contributed by atoms with Crippen LogP contribution in [-0.4, -0.2) is 32.2 Å². The third kappa shape index (κ3) is 9.34. The summed E-state index contributed by atoms with van der Waals surface area (Å²) < 4.78 is 0. The van der Waals surface area contributed by atoms with Gasteiger partial charge in [-0.1, -0.05) is 0 Å². The highest BCUT2D eigenvalue weighted by molar-refractivity contribution is 5.41. The molecular weight excluding hydrogens is 138 g/mol. The minimum Gasteiger partial charge on any atom is -0.320 e. The Morgan fingerprint density at radius 1 is 1.45 bits per heavy atom. The number of hydrogen-bond donors (Lipinski definition) is 1. The molecule has 0 atom stereocenters. The molecule has 0 aromatic carbocycles. The van der Waals surface area contributed by atoms with Gasteiger partial charge in [0.15, 0.2) is 0 Å². The first kappa shape index (κ1) is 10.3. The Kier molecular flexibility index (Phi) is 7.00. The zero-order valence-electron chi connectivity index (χ0n) is 7.59. The van der Waals surface area contributed by atoms with Crippen LogP contribution in [0.25, 0.3) is 0 Å². The van der Waals surface area contributed by atoms with Crippen LogP contribution >= 0.6 is 0 Å². The predicted molar refractivity (Wildman–Crippen MR) is 48.4 cm³/mol. The zero-order chi connectivity index (χ0) is 8.53. The van der Waals surface area contributed by atoms with Crippen molar-refractivity contribution in [1.82, 2.24) is 5.32 Å². The predicted octanol–water partition coefficient (Wildman–Crippen LogP) is 1.18. The van der Waals surface area contributed by atoms with Gasteiger partial charge in [0.05, 0.1) is 18.6 Å². The number of nitrogens with zero attached hydrogens (tertiary/aromatic N) is 2. The molecule has 0 rings (SSSR count). The van der Waals surface area contributed by atoms with Crippen LogP contribution in [0.3, 0.4) is 0 Å². The Balaban J connectivity index is 3.29. The van der Waals surface area contributed by atoms with Gasteiger partial charge in [0, 0.05) is 0 Å². The van der Waals surface area contributed by atoms with Gasteiger partial charge in [0.1, 0.15) is 0 Å². The van der Waals surface area contributed by atoms with Crippen LogP contribution in [0.1, 0.15) is 20.3 Å². The molecule has 1 N–H and O–H groups in total. The van der Waals surface area contributed by atoms with Crippen LogP contribution in [0, 0.1) is 0 Å². The summed E-state index contributed by atoms with van der Waals surface area (Å²) >= 11 is 0. The second-order valence-corrected chi connectivity index (χ2v) is 2.66. The molecule has 0 aromatic rings. The van der Waals surface area contributed by atoms with Crippen LogP contribution in [0.5, 0.6) is 0 Å². The maximum absolute atomic E-state index is 3.99. The number of hydrogen-bond acceptors (Lipinski definition) is 3. The molecule has 0 heterocycles. The van der Waals surface area contributed by atoms with Crippen LogP contribution in [0.15, 0.2) is 9.98 Å². The summed E-state index contributed by atoms with van der Waals surface area (Å²) in [6, 6.07) is 2.97. The van der Waals surface area contributed by atoms with Gasteiger partial charge in [-0.05, 0) is 33.9 Å². The molecule has 0 fully saturated rings. The summed E-state index contributed by atoms with van der Waals surface area (Å²) in [4.78, 5) is 7.98. The van der Waals surface area contributed by atoms with E-state index in [9.17, 15) is 0 Å². The fraction of sp³-hybridized carbons (Fsp3) is 0.875. The fourth-order valence-electron chi connectivity index (χ4n) is 0.541. The Morgan fingerprint density at radius 2 is 2.18 bits per heavy atom. The standard InChI is InChI=1S/C8H17N3/c1-8(2)11-7-10-6-4-5-9-3/h8-9H,4-6H2,1-3H3. The fourth-order valence-corrected chi connectivity index (χ4v) is 0.541. The van der Waals surface area contributed by atoms with Crippen molar-refractivity contribution in [3.63, 3.8) is 0 Å². The largest absolute Gasteiger partial charge is 0.320 e. The quantitative estimate of drug-likeness (QED) is 0.469. The summed E-state index contributed by atoms with van der Waals surface area (Å²) in [5.74, 6) is 0. The topological polar surface area (TPSA) is 36.8 Å². The van der Waals surface area contributed by atoms with Crippen molar-refractivity contribution >= 4 is 6.01 Å². The monoisotopic (exact) mass is 155 g/mol. The number of aliphatic imine (C=N–C) groups is 2. The van der Waals surface area contributed by atoms with Gasteiger partial charge in [-0.2, -0.15) is 0 Å². The number of nitrogens with one attached hydrogen (secondary N) is 1. The van der Waals surface area contributed by atoms with Gasteiger partial charge in [-0.3, -0.25) is 0 Å². The van der Waals surface area contributed by atoms with Gasteiger partial charge >= 0.3 is 0 Å². The summed E-state index contributed by atoms with van der Waals surface area (Å²) in [5, 5.41) is 3.05. The molecular formula is C8H17N3. The lowest BCUT2D eigenvalue weighted by molar-refractivity contribution is 0.734. The van der Waals surface area contributed by atoms with Gasteiger partial charge in [-0.25, -0.2) is 9.98 Å². The average Bonchev–Trinajstić information content (AvgIpc) is 1.96. The lowest BCUT2D eigenvalue weighted by atomic mass is 10.4. The molecule has 0 aliphatic rings. The van der Waals surface area contributed by atoms with Gasteiger partial charge in [0.2, 0.25) is 0 Å². The second-order valence-electron chi connectivity index (χ2n) is 2.66. The van der Waals surface area contributed by atoms with E-state index in [4.69, 9.17) is 0 Å². The first-order valence-electron chi connectivity index (χ1n) is 4.03. The van der Waals surface area contributed by atoms with Gasteiger partial charge in [0.25, 0.3) is 0 Å². The molecule has 64 valence electrons. The minimum atomic E-state index is 0.308. The molecule has 3 heteroatoms. The normalized spacial score (nSPS) is 9.45. The van der Waals surface area contributed by atoms with Crippen LogP contribution < -0.4 is 5.32 Å². The molecule has 0 aliphatic carbocycles. The Morgan fingerprint density at radius 3 is 2.73 bits per heavy atom. The molecule has 0 saturated heterocycles. The van der Waals surface area contributed by atoms with Crippen molar-refractivity contribution in [3.8, 4) is 0 Å². The highest BCUT2D eigenvalue weighted by atomic mass is 14.8. The van der Waals surface area contributed by atoms with Crippen molar-refractivity contribution < 1.29 is 0 Å².